The summed E-state index contributed by atoms with van der Waals surface area (Å²) in [7, 11) is 2.01. The van der Waals surface area contributed by atoms with Gasteiger partial charge in [0.15, 0.2) is 0 Å². The van der Waals surface area contributed by atoms with Crippen molar-refractivity contribution >= 4 is 15.9 Å². The second-order valence-corrected chi connectivity index (χ2v) is 4.99. The zero-order valence-electron chi connectivity index (χ0n) is 10.6. The Kier molecular flexibility index (Phi) is 4.49. The van der Waals surface area contributed by atoms with Gasteiger partial charge in [0, 0.05) is 36.5 Å². The molecule has 18 heavy (non-hydrogen) atoms. The summed E-state index contributed by atoms with van der Waals surface area (Å²) >= 11 is 3.56. The van der Waals surface area contributed by atoms with Crippen LogP contribution in [-0.2, 0) is 13.5 Å². The summed E-state index contributed by atoms with van der Waals surface area (Å²) in [5.41, 5.74) is 1.03. The van der Waals surface area contributed by atoms with Gasteiger partial charge in [-0.05, 0) is 34.6 Å². The van der Waals surface area contributed by atoms with E-state index in [4.69, 9.17) is 0 Å². The van der Waals surface area contributed by atoms with Gasteiger partial charge in [0.05, 0.1) is 11.7 Å². The maximum absolute atomic E-state index is 4.46. The number of halogens is 1. The molecular formula is C13H17BrN4. The molecule has 0 saturated carbocycles. The van der Waals surface area contributed by atoms with Gasteiger partial charge in [-0.2, -0.15) is 0 Å². The summed E-state index contributed by atoms with van der Waals surface area (Å²) in [6.45, 7) is 3.00. The molecule has 96 valence electrons. The maximum atomic E-state index is 4.46. The van der Waals surface area contributed by atoms with Crippen LogP contribution in [0, 0.1) is 0 Å². The van der Waals surface area contributed by atoms with Gasteiger partial charge in [-0.3, -0.25) is 4.98 Å². The number of nitrogens with zero attached hydrogens (tertiary/aromatic N) is 3. The van der Waals surface area contributed by atoms with Crippen LogP contribution in [-0.4, -0.2) is 21.1 Å². The Morgan fingerprint density at radius 3 is 2.83 bits per heavy atom. The molecule has 0 fully saturated rings. The van der Waals surface area contributed by atoms with E-state index in [1.807, 2.05) is 42.3 Å². The third-order valence-corrected chi connectivity index (χ3v) is 3.55. The lowest BCUT2D eigenvalue weighted by Gasteiger charge is -2.18. The van der Waals surface area contributed by atoms with Crippen LogP contribution in [0.25, 0.3) is 0 Å². The molecule has 0 aromatic carbocycles. The molecule has 2 aromatic heterocycles. The molecule has 1 atom stereocenters. The number of hydrogen-bond acceptors (Lipinski definition) is 3. The minimum atomic E-state index is 0.173. The van der Waals surface area contributed by atoms with E-state index in [2.05, 4.69) is 38.1 Å². The molecule has 0 amide bonds. The first kappa shape index (κ1) is 13.2. The summed E-state index contributed by atoms with van der Waals surface area (Å²) in [5, 5.41) is 3.46. The van der Waals surface area contributed by atoms with Crippen molar-refractivity contribution in [3.05, 3.63) is 46.7 Å². The molecule has 0 aliphatic rings. The van der Waals surface area contributed by atoms with Crippen LogP contribution in [0.2, 0.25) is 0 Å². The predicted molar refractivity (Wildman–Crippen MR) is 75.3 cm³/mol. The molecule has 2 aromatic rings. The van der Waals surface area contributed by atoms with E-state index in [0.29, 0.717) is 0 Å². The molecule has 0 bridgehead atoms. The van der Waals surface area contributed by atoms with Crippen molar-refractivity contribution in [1.29, 1.82) is 0 Å². The third kappa shape index (κ3) is 2.97. The minimum Gasteiger partial charge on any atom is -0.338 e. The fourth-order valence-corrected chi connectivity index (χ4v) is 2.47. The van der Waals surface area contributed by atoms with Crippen LogP contribution in [0.1, 0.15) is 24.5 Å². The molecule has 5 heteroatoms. The summed E-state index contributed by atoms with van der Waals surface area (Å²) in [6, 6.07) is 4.12. The third-order valence-electron chi connectivity index (χ3n) is 2.88. The van der Waals surface area contributed by atoms with Crippen molar-refractivity contribution < 1.29 is 0 Å². The van der Waals surface area contributed by atoms with Crippen molar-refractivity contribution in [3.63, 3.8) is 0 Å². The van der Waals surface area contributed by atoms with Gasteiger partial charge in [-0.25, -0.2) is 4.98 Å². The molecule has 1 unspecified atom stereocenters. The average Bonchev–Trinajstić information content (AvgIpc) is 2.75. The molecule has 0 radical (unpaired) electrons. The normalized spacial score (nSPS) is 12.6. The van der Waals surface area contributed by atoms with Crippen LogP contribution in [0.15, 0.2) is 35.2 Å². The largest absolute Gasteiger partial charge is 0.338 e. The summed E-state index contributed by atoms with van der Waals surface area (Å²) in [6.07, 6.45) is 6.44. The highest BCUT2D eigenvalue weighted by molar-refractivity contribution is 9.10. The smallest absolute Gasteiger partial charge is 0.110 e. The number of hydrogen-bond donors (Lipinski definition) is 1. The van der Waals surface area contributed by atoms with Crippen LogP contribution >= 0.6 is 15.9 Å². The van der Waals surface area contributed by atoms with E-state index in [1.54, 1.807) is 0 Å². The topological polar surface area (TPSA) is 42.7 Å². The van der Waals surface area contributed by atoms with Crippen molar-refractivity contribution in [1.82, 2.24) is 19.9 Å². The summed E-state index contributed by atoms with van der Waals surface area (Å²) in [5.74, 6) is 1.05. The quantitative estimate of drug-likeness (QED) is 0.922. The molecule has 2 rings (SSSR count). The lowest BCUT2D eigenvalue weighted by Crippen LogP contribution is -2.25. The number of aromatic nitrogens is 3. The zero-order valence-corrected chi connectivity index (χ0v) is 12.2. The fraction of sp³-hybridized carbons (Fsp3) is 0.385. The highest BCUT2D eigenvalue weighted by Gasteiger charge is 2.17. The standard InChI is InChI=1S/C13H17BrN4/c1-3-15-11(9-12-16-7-8-18(12)2)13-10(14)5-4-6-17-13/h4-8,11,15H,3,9H2,1-2H3. The SMILES string of the molecule is CCNC(Cc1nccn1C)c1ncccc1Br. The van der Waals surface area contributed by atoms with E-state index >= 15 is 0 Å². The molecule has 1 N–H and O–H groups in total. The Morgan fingerprint density at radius 1 is 1.39 bits per heavy atom. The van der Waals surface area contributed by atoms with Crippen LogP contribution < -0.4 is 5.32 Å². The number of rotatable bonds is 5. The first-order chi connectivity index (χ1) is 8.72. The van der Waals surface area contributed by atoms with E-state index < -0.39 is 0 Å². The average molecular weight is 309 g/mol. The number of aryl methyl sites for hydroxylation is 1. The Hall–Kier alpha value is -1.20. The number of nitrogens with one attached hydrogen (secondary N) is 1. The molecule has 0 spiro atoms. The lowest BCUT2D eigenvalue weighted by molar-refractivity contribution is 0.515. The van der Waals surface area contributed by atoms with E-state index in [0.717, 1.165) is 29.0 Å². The predicted octanol–water partition coefficient (Wildman–Crippen LogP) is 2.47. The lowest BCUT2D eigenvalue weighted by atomic mass is 10.1. The number of imidazole rings is 1. The Morgan fingerprint density at radius 2 is 2.22 bits per heavy atom. The Balaban J connectivity index is 2.24. The number of pyridine rings is 1. The zero-order chi connectivity index (χ0) is 13.0. The molecule has 0 saturated heterocycles. The maximum Gasteiger partial charge on any atom is 0.110 e. The van der Waals surface area contributed by atoms with Crippen LogP contribution in [0.5, 0.6) is 0 Å². The van der Waals surface area contributed by atoms with Crippen molar-refractivity contribution in [2.75, 3.05) is 6.54 Å². The summed E-state index contributed by atoms with van der Waals surface area (Å²) in [4.78, 5) is 8.83. The molecule has 0 aliphatic heterocycles. The van der Waals surface area contributed by atoms with Gasteiger partial charge >= 0.3 is 0 Å². The summed E-state index contributed by atoms with van der Waals surface area (Å²) < 4.78 is 3.08. The monoisotopic (exact) mass is 308 g/mol. The van der Waals surface area contributed by atoms with E-state index in [-0.39, 0.29) is 6.04 Å². The molecule has 2 heterocycles. The highest BCUT2D eigenvalue weighted by atomic mass is 79.9. The van der Waals surface area contributed by atoms with Crippen molar-refractivity contribution in [2.24, 2.45) is 7.05 Å². The van der Waals surface area contributed by atoms with E-state index in [1.165, 1.54) is 0 Å². The molecular weight excluding hydrogens is 292 g/mol. The van der Waals surface area contributed by atoms with Gasteiger partial charge in [-0.1, -0.05) is 6.92 Å². The van der Waals surface area contributed by atoms with E-state index in [9.17, 15) is 0 Å². The highest BCUT2D eigenvalue weighted by Crippen LogP contribution is 2.23. The van der Waals surface area contributed by atoms with Crippen molar-refractivity contribution in [3.8, 4) is 0 Å². The second-order valence-electron chi connectivity index (χ2n) is 4.14. The van der Waals surface area contributed by atoms with Crippen LogP contribution in [0.3, 0.4) is 0 Å². The molecule has 0 aliphatic carbocycles. The van der Waals surface area contributed by atoms with Crippen LogP contribution in [0.4, 0.5) is 0 Å². The first-order valence-electron chi connectivity index (χ1n) is 6.02. The Bertz CT molecular complexity index is 509. The van der Waals surface area contributed by atoms with Gasteiger partial charge in [-0.15, -0.1) is 0 Å². The second kappa shape index (κ2) is 6.11. The number of likely N-dealkylation sites (N-methyl/N-ethyl adjacent to an activating group) is 1. The van der Waals surface area contributed by atoms with Gasteiger partial charge < -0.3 is 9.88 Å². The minimum absolute atomic E-state index is 0.173. The Labute approximate surface area is 116 Å². The van der Waals surface area contributed by atoms with Gasteiger partial charge in [0.1, 0.15) is 5.82 Å². The first-order valence-corrected chi connectivity index (χ1v) is 6.81. The fourth-order valence-electron chi connectivity index (χ4n) is 1.94. The van der Waals surface area contributed by atoms with Gasteiger partial charge in [0.2, 0.25) is 0 Å². The van der Waals surface area contributed by atoms with Crippen molar-refractivity contribution in [2.45, 2.75) is 19.4 Å². The van der Waals surface area contributed by atoms with Gasteiger partial charge in [0.25, 0.3) is 0 Å². The molecule has 4 nitrogen and oxygen atoms in total.